The van der Waals surface area contributed by atoms with E-state index in [0.717, 1.165) is 7.11 Å². The van der Waals surface area contributed by atoms with Gasteiger partial charge in [-0.05, 0) is 30.9 Å². The highest BCUT2D eigenvalue weighted by atomic mass is 16.6. The van der Waals surface area contributed by atoms with Gasteiger partial charge < -0.3 is 79.9 Å². The smallest absolute Gasteiger partial charge is 0.233 e. The van der Waals surface area contributed by atoms with Gasteiger partial charge in [-0.25, -0.2) is 0 Å². The Morgan fingerprint density at radius 3 is 1.89 bits per heavy atom. The SMILES string of the molecule is CCC[C@]1(O)[C@H](O)[C@@H](O)[C@@H](O)[C@H]2Cc3cc4c(OC)c(OC)c5c(oc6c(=O)c7c(O)c8c(c(=O)c=7c(=O)c65)=C(O)[C@@]5(O)[C@@H]6[C@H](O)[C@H](O)[C@H](O)[C@@]5(CCC)O[C@H]86)c4c(=O)c3=C(O)[C@@]21O. The molecule has 340 valence electrons. The summed E-state index contributed by atoms with van der Waals surface area (Å²) in [4.78, 5) is 59.2. The van der Waals surface area contributed by atoms with E-state index in [1.807, 2.05) is 0 Å². The first-order valence-corrected chi connectivity index (χ1v) is 20.8. The number of hydrogen-bond donors (Lipinski definition) is 12. The maximum absolute atomic E-state index is 14.9. The summed E-state index contributed by atoms with van der Waals surface area (Å²) in [6.45, 7) is 3.21. The van der Waals surface area contributed by atoms with Crippen LogP contribution in [0.3, 0.4) is 0 Å². The fourth-order valence-electron chi connectivity index (χ4n) is 12.4. The van der Waals surface area contributed by atoms with Gasteiger partial charge in [-0.3, -0.25) is 19.2 Å². The minimum Gasteiger partial charge on any atom is -0.508 e. The van der Waals surface area contributed by atoms with Crippen molar-refractivity contribution in [3.8, 4) is 17.2 Å². The molecular weight excluding hydrogens is 848 g/mol. The molecular formula is C44H44O20. The molecule has 6 aliphatic carbocycles. The summed E-state index contributed by atoms with van der Waals surface area (Å²) in [5, 5.41) is 133. The summed E-state index contributed by atoms with van der Waals surface area (Å²) in [6.07, 6.45) is -14.7. The summed E-state index contributed by atoms with van der Waals surface area (Å²) >= 11 is 0. The van der Waals surface area contributed by atoms with Crippen LogP contribution in [-0.4, -0.2) is 135 Å². The highest BCUT2D eigenvalue weighted by Crippen LogP contribution is 2.64. The molecule has 2 heterocycles. The summed E-state index contributed by atoms with van der Waals surface area (Å²) in [6, 6.07) is 1.31. The molecule has 1 aromatic heterocycles. The minimum atomic E-state index is -2.92. The normalized spacial score (nSPS) is 36.5. The lowest BCUT2D eigenvalue weighted by atomic mass is 9.56. The van der Waals surface area contributed by atoms with E-state index in [0.29, 0.717) is 0 Å². The van der Waals surface area contributed by atoms with Gasteiger partial charge in [0.05, 0.1) is 75.5 Å². The molecule has 20 nitrogen and oxygen atoms in total. The molecule has 10 rings (SSSR count). The second-order valence-electron chi connectivity index (χ2n) is 17.9. The zero-order valence-electron chi connectivity index (χ0n) is 34.4. The standard InChI is InChI=1S/C44H44O20/c1-5-7-41(58)39(56)30(52)23(45)13-10-11-9-12-15(24(46)14(11)37(54)43(13,41)59)33-21(36(62-4)32(12)61-3)19-25(47)16-17(28(50)35(19)63-33)26(48)18-20(27(16)49)38(55)44(60)22-29(51)31(53)40(57)42(44,8-6-2)64-34(18)22/h9,13,22-23,29-31,34,39-40,45,48,51-60H,5-8,10H2,1-4H3/t13-,22-,23+,29+,30+,31+,34-,39-,40+,41+,42-,43+,44+/m1/s1. The third-order valence-electron chi connectivity index (χ3n) is 15.2. The van der Waals surface area contributed by atoms with E-state index in [-0.39, 0.29) is 41.7 Å². The number of aromatic hydroxyl groups is 1. The number of ether oxygens (including phenoxy) is 3. The molecule has 2 aromatic carbocycles. The van der Waals surface area contributed by atoms with Gasteiger partial charge >= 0.3 is 0 Å². The third-order valence-corrected chi connectivity index (χ3v) is 15.2. The molecule has 12 N–H and O–H groups in total. The average Bonchev–Trinajstić information content (AvgIpc) is 3.73. The van der Waals surface area contributed by atoms with E-state index in [1.54, 1.807) is 13.8 Å². The number of hydrogen-bond acceptors (Lipinski definition) is 20. The zero-order chi connectivity index (χ0) is 46.4. The lowest BCUT2D eigenvalue weighted by Gasteiger charge is -2.57. The molecule has 0 amide bonds. The van der Waals surface area contributed by atoms with Gasteiger partial charge in [0.1, 0.15) is 52.9 Å². The van der Waals surface area contributed by atoms with Crippen molar-refractivity contribution < 1.29 is 79.9 Å². The maximum atomic E-state index is 14.9. The Morgan fingerprint density at radius 2 is 1.27 bits per heavy atom. The van der Waals surface area contributed by atoms with Crippen LogP contribution < -0.4 is 41.6 Å². The monoisotopic (exact) mass is 892 g/mol. The predicted octanol–water partition coefficient (Wildman–Crippen LogP) is -3.57. The molecule has 1 aliphatic heterocycles. The van der Waals surface area contributed by atoms with Gasteiger partial charge in [0, 0.05) is 16.9 Å². The van der Waals surface area contributed by atoms with E-state index in [4.69, 9.17) is 18.6 Å². The second-order valence-corrected chi connectivity index (χ2v) is 17.9. The summed E-state index contributed by atoms with van der Waals surface area (Å²) in [5.41, 5.74) is -17.8. The topological polar surface area (TPSA) is 352 Å². The molecule has 4 bridgehead atoms. The highest BCUT2D eigenvalue weighted by molar-refractivity contribution is 6.20. The van der Waals surface area contributed by atoms with Gasteiger partial charge in [0.2, 0.25) is 21.7 Å². The Morgan fingerprint density at radius 1 is 0.656 bits per heavy atom. The third kappa shape index (κ3) is 4.33. The van der Waals surface area contributed by atoms with Crippen LogP contribution in [0.15, 0.2) is 29.7 Å². The fraction of sp³-hybridized carbons (Fsp3) is 0.500. The lowest BCUT2D eigenvalue weighted by molar-refractivity contribution is -0.286. The van der Waals surface area contributed by atoms with Crippen molar-refractivity contribution >= 4 is 44.2 Å². The molecule has 0 spiro atoms. The number of benzene rings is 2. The Hall–Kier alpha value is -5.26. The van der Waals surface area contributed by atoms with Crippen LogP contribution in [0.2, 0.25) is 0 Å². The number of furan rings is 1. The molecule has 64 heavy (non-hydrogen) atoms. The van der Waals surface area contributed by atoms with E-state index in [2.05, 4.69) is 0 Å². The van der Waals surface area contributed by atoms with Crippen LogP contribution in [-0.2, 0) is 11.2 Å². The van der Waals surface area contributed by atoms with E-state index in [9.17, 15) is 80.5 Å². The van der Waals surface area contributed by atoms with E-state index < -0.39 is 183 Å². The van der Waals surface area contributed by atoms with Gasteiger partial charge in [-0.15, -0.1) is 0 Å². The zero-order valence-corrected chi connectivity index (χ0v) is 34.4. The van der Waals surface area contributed by atoms with E-state index in [1.165, 1.54) is 13.2 Å². The summed E-state index contributed by atoms with van der Waals surface area (Å²) in [7, 11) is 2.32. The fourth-order valence-corrected chi connectivity index (χ4v) is 12.4. The molecule has 3 fully saturated rings. The Labute approximate surface area is 356 Å². The van der Waals surface area contributed by atoms with Crippen molar-refractivity contribution in [3.63, 3.8) is 0 Å². The molecule has 13 atom stereocenters. The highest BCUT2D eigenvalue weighted by Gasteiger charge is 2.78. The van der Waals surface area contributed by atoms with Crippen LogP contribution in [0.25, 0.3) is 44.2 Å². The first-order valence-electron chi connectivity index (χ1n) is 20.8. The number of aliphatic hydroxyl groups is 11. The lowest BCUT2D eigenvalue weighted by Crippen LogP contribution is -2.77. The number of rotatable bonds is 6. The van der Waals surface area contributed by atoms with Crippen LogP contribution in [0, 0.1) is 22.3 Å². The number of methoxy groups -OCH3 is 2. The van der Waals surface area contributed by atoms with Gasteiger partial charge in [0.15, 0.2) is 33.9 Å². The van der Waals surface area contributed by atoms with Gasteiger partial charge in [-0.1, -0.05) is 26.7 Å². The molecule has 0 unspecified atom stereocenters. The molecule has 1 saturated heterocycles. The molecule has 3 aromatic rings. The van der Waals surface area contributed by atoms with Crippen molar-refractivity contribution in [2.45, 2.75) is 111 Å². The van der Waals surface area contributed by atoms with Gasteiger partial charge in [0.25, 0.3) is 0 Å². The van der Waals surface area contributed by atoms with Crippen molar-refractivity contribution in [1.29, 1.82) is 0 Å². The predicted molar refractivity (Wildman–Crippen MR) is 218 cm³/mol. The maximum Gasteiger partial charge on any atom is 0.233 e. The van der Waals surface area contributed by atoms with Crippen LogP contribution in [0.4, 0.5) is 0 Å². The summed E-state index contributed by atoms with van der Waals surface area (Å²) in [5.74, 6) is -7.31. The summed E-state index contributed by atoms with van der Waals surface area (Å²) < 4.78 is 23.7. The van der Waals surface area contributed by atoms with Gasteiger partial charge in [-0.2, -0.15) is 0 Å². The Kier molecular flexibility index (Phi) is 8.79. The van der Waals surface area contributed by atoms with Crippen LogP contribution >= 0.6 is 0 Å². The van der Waals surface area contributed by atoms with Crippen LogP contribution in [0.1, 0.15) is 56.8 Å². The van der Waals surface area contributed by atoms with Crippen molar-refractivity contribution in [1.82, 2.24) is 0 Å². The number of aliphatic hydroxyl groups excluding tert-OH is 8. The van der Waals surface area contributed by atoms with E-state index >= 15 is 0 Å². The van der Waals surface area contributed by atoms with Crippen molar-refractivity contribution in [3.05, 3.63) is 79.0 Å². The molecule has 0 radical (unpaired) electrons. The molecule has 20 heteroatoms. The molecule has 2 saturated carbocycles. The van der Waals surface area contributed by atoms with Crippen molar-refractivity contribution in [2.24, 2.45) is 11.8 Å². The van der Waals surface area contributed by atoms with Crippen molar-refractivity contribution in [2.75, 3.05) is 14.2 Å². The first kappa shape index (κ1) is 42.7. The average molecular weight is 893 g/mol. The quantitative estimate of drug-likeness (QED) is 0.0785. The second kappa shape index (κ2) is 13.2. The Balaban J connectivity index is 1.35. The van der Waals surface area contributed by atoms with Crippen LogP contribution in [0.5, 0.6) is 17.2 Å². The largest absolute Gasteiger partial charge is 0.508 e. The number of fused-ring (bicyclic) bond motifs is 9. The Bertz CT molecular complexity index is 3360. The first-order chi connectivity index (χ1) is 30.1. The molecule has 7 aliphatic rings. The minimum absolute atomic E-state index is 0.0298.